The van der Waals surface area contributed by atoms with E-state index < -0.39 is 0 Å². The van der Waals surface area contributed by atoms with Crippen molar-refractivity contribution in [3.8, 4) is 0 Å². The molecule has 2 nitrogen and oxygen atoms in total. The molecule has 1 aromatic carbocycles. The maximum Gasteiger partial charge on any atom is 0.0354 e. The van der Waals surface area contributed by atoms with Gasteiger partial charge in [0.05, 0.1) is 0 Å². The van der Waals surface area contributed by atoms with Crippen LogP contribution in [-0.2, 0) is 0 Å². The van der Waals surface area contributed by atoms with Crippen molar-refractivity contribution in [1.29, 1.82) is 0 Å². The van der Waals surface area contributed by atoms with Gasteiger partial charge >= 0.3 is 0 Å². The summed E-state index contributed by atoms with van der Waals surface area (Å²) >= 11 is 0. The average Bonchev–Trinajstić information content (AvgIpc) is 2.45. The van der Waals surface area contributed by atoms with Crippen LogP contribution in [0, 0.1) is 11.8 Å². The van der Waals surface area contributed by atoms with Crippen LogP contribution in [0.4, 0.5) is 0 Å². The van der Waals surface area contributed by atoms with E-state index in [9.17, 15) is 0 Å². The molecule has 3 atom stereocenters. The van der Waals surface area contributed by atoms with Crippen molar-refractivity contribution in [2.75, 3.05) is 13.1 Å². The van der Waals surface area contributed by atoms with Gasteiger partial charge in [0.25, 0.3) is 0 Å². The van der Waals surface area contributed by atoms with Gasteiger partial charge in [-0.2, -0.15) is 0 Å². The molecule has 1 fully saturated rings. The minimum absolute atomic E-state index is 0.525. The van der Waals surface area contributed by atoms with Gasteiger partial charge in [0.1, 0.15) is 0 Å². The predicted octanol–water partition coefficient (Wildman–Crippen LogP) is 3.83. The van der Waals surface area contributed by atoms with Gasteiger partial charge in [0, 0.05) is 18.6 Å². The predicted molar refractivity (Wildman–Crippen MR) is 86.6 cm³/mol. The first kappa shape index (κ1) is 15.5. The summed E-state index contributed by atoms with van der Waals surface area (Å²) in [5.74, 6) is 1.52. The van der Waals surface area contributed by atoms with Crippen LogP contribution < -0.4 is 5.73 Å². The van der Waals surface area contributed by atoms with E-state index in [4.69, 9.17) is 5.73 Å². The monoisotopic (exact) mass is 274 g/mol. The van der Waals surface area contributed by atoms with Gasteiger partial charge < -0.3 is 5.73 Å². The van der Waals surface area contributed by atoms with Gasteiger partial charge in [0.15, 0.2) is 0 Å². The number of piperidine rings is 1. The van der Waals surface area contributed by atoms with Crippen LogP contribution in [0.25, 0.3) is 0 Å². The Morgan fingerprint density at radius 2 is 1.95 bits per heavy atom. The zero-order valence-corrected chi connectivity index (χ0v) is 13.3. The standard InChI is InChI=1S/C18H30N2/c1-14(2)11-18(16-7-5-4-6-8-16)20-10-9-15(3)12-17(20)13-19/h4-8,14-15,17-18H,9-13,19H2,1-3H3. The highest BCUT2D eigenvalue weighted by Crippen LogP contribution is 2.34. The van der Waals surface area contributed by atoms with E-state index >= 15 is 0 Å². The topological polar surface area (TPSA) is 29.3 Å². The zero-order valence-electron chi connectivity index (χ0n) is 13.3. The van der Waals surface area contributed by atoms with Crippen LogP contribution in [0.3, 0.4) is 0 Å². The molecule has 1 aromatic rings. The van der Waals surface area contributed by atoms with Crippen LogP contribution in [-0.4, -0.2) is 24.0 Å². The van der Waals surface area contributed by atoms with Gasteiger partial charge in [-0.3, -0.25) is 4.90 Å². The van der Waals surface area contributed by atoms with E-state index in [0.29, 0.717) is 18.0 Å². The number of benzene rings is 1. The Labute approximate surface area is 124 Å². The van der Waals surface area contributed by atoms with Crippen molar-refractivity contribution in [1.82, 2.24) is 4.90 Å². The largest absolute Gasteiger partial charge is 0.329 e. The van der Waals surface area contributed by atoms with Crippen LogP contribution in [0.2, 0.25) is 0 Å². The summed E-state index contributed by atoms with van der Waals surface area (Å²) in [6, 6.07) is 12.0. The summed E-state index contributed by atoms with van der Waals surface area (Å²) in [5.41, 5.74) is 7.51. The highest BCUT2D eigenvalue weighted by molar-refractivity contribution is 5.19. The molecule has 1 aliphatic rings. The second kappa shape index (κ2) is 7.24. The SMILES string of the molecule is CC(C)CC(c1ccccc1)N1CCC(C)CC1CN. The third-order valence-corrected chi connectivity index (χ3v) is 4.57. The molecule has 0 amide bonds. The van der Waals surface area contributed by atoms with E-state index in [0.717, 1.165) is 12.5 Å². The van der Waals surface area contributed by atoms with Gasteiger partial charge in [-0.05, 0) is 43.2 Å². The molecule has 0 bridgehead atoms. The number of nitrogens with two attached hydrogens (primary N) is 1. The van der Waals surface area contributed by atoms with Crippen LogP contribution in [0.1, 0.15) is 51.6 Å². The van der Waals surface area contributed by atoms with Gasteiger partial charge in [-0.15, -0.1) is 0 Å². The molecular formula is C18H30N2. The van der Waals surface area contributed by atoms with Crippen molar-refractivity contribution < 1.29 is 0 Å². The summed E-state index contributed by atoms with van der Waals surface area (Å²) < 4.78 is 0. The molecule has 1 saturated heterocycles. The normalized spacial score (nSPS) is 25.9. The van der Waals surface area contributed by atoms with E-state index in [-0.39, 0.29) is 0 Å². The Kier molecular flexibility index (Phi) is 5.62. The number of nitrogens with zero attached hydrogens (tertiary/aromatic N) is 1. The molecule has 3 unspecified atom stereocenters. The number of hydrogen-bond donors (Lipinski definition) is 1. The molecule has 0 saturated carbocycles. The van der Waals surface area contributed by atoms with Gasteiger partial charge in [0.2, 0.25) is 0 Å². The fraction of sp³-hybridized carbons (Fsp3) is 0.667. The Morgan fingerprint density at radius 1 is 1.25 bits per heavy atom. The Bertz CT molecular complexity index is 388. The summed E-state index contributed by atoms with van der Waals surface area (Å²) in [4.78, 5) is 2.68. The van der Waals surface area contributed by atoms with E-state index in [2.05, 4.69) is 56.0 Å². The van der Waals surface area contributed by atoms with Crippen LogP contribution in [0.15, 0.2) is 30.3 Å². The number of rotatable bonds is 5. The lowest BCUT2D eigenvalue weighted by Crippen LogP contribution is -2.48. The number of likely N-dealkylation sites (tertiary alicyclic amines) is 1. The average molecular weight is 274 g/mol. The maximum atomic E-state index is 6.06. The highest BCUT2D eigenvalue weighted by Gasteiger charge is 2.31. The van der Waals surface area contributed by atoms with Crippen molar-refractivity contribution in [2.45, 2.75) is 52.1 Å². The molecule has 2 heteroatoms. The van der Waals surface area contributed by atoms with E-state index in [1.165, 1.54) is 31.4 Å². The van der Waals surface area contributed by atoms with Crippen LogP contribution >= 0.6 is 0 Å². The smallest absolute Gasteiger partial charge is 0.0354 e. The summed E-state index contributed by atoms with van der Waals surface area (Å²) in [6.45, 7) is 8.97. The number of hydrogen-bond acceptors (Lipinski definition) is 2. The zero-order chi connectivity index (χ0) is 14.5. The van der Waals surface area contributed by atoms with Crippen LogP contribution in [0.5, 0.6) is 0 Å². The molecule has 0 aliphatic carbocycles. The third kappa shape index (κ3) is 3.83. The fourth-order valence-corrected chi connectivity index (χ4v) is 3.50. The fourth-order valence-electron chi connectivity index (χ4n) is 3.50. The first-order valence-electron chi connectivity index (χ1n) is 8.12. The quantitative estimate of drug-likeness (QED) is 0.884. The summed E-state index contributed by atoms with van der Waals surface area (Å²) in [7, 11) is 0. The van der Waals surface area contributed by atoms with Crippen molar-refractivity contribution >= 4 is 0 Å². The van der Waals surface area contributed by atoms with Gasteiger partial charge in [-0.25, -0.2) is 0 Å². The second-order valence-electron chi connectivity index (χ2n) is 6.81. The molecular weight excluding hydrogens is 244 g/mol. The molecule has 0 radical (unpaired) electrons. The molecule has 20 heavy (non-hydrogen) atoms. The lowest BCUT2D eigenvalue weighted by atomic mass is 9.87. The second-order valence-corrected chi connectivity index (χ2v) is 6.81. The maximum absolute atomic E-state index is 6.06. The molecule has 1 aliphatic heterocycles. The third-order valence-electron chi connectivity index (χ3n) is 4.57. The molecule has 0 aromatic heterocycles. The highest BCUT2D eigenvalue weighted by atomic mass is 15.2. The molecule has 0 spiro atoms. The molecule has 2 rings (SSSR count). The first-order chi connectivity index (χ1) is 9.61. The summed E-state index contributed by atoms with van der Waals surface area (Å²) in [6.07, 6.45) is 3.77. The lowest BCUT2D eigenvalue weighted by Gasteiger charge is -2.43. The minimum atomic E-state index is 0.525. The molecule has 112 valence electrons. The van der Waals surface area contributed by atoms with E-state index in [1.807, 2.05) is 0 Å². The van der Waals surface area contributed by atoms with Gasteiger partial charge in [-0.1, -0.05) is 51.1 Å². The van der Waals surface area contributed by atoms with E-state index in [1.54, 1.807) is 0 Å². The lowest BCUT2D eigenvalue weighted by molar-refractivity contribution is 0.0651. The Morgan fingerprint density at radius 3 is 2.55 bits per heavy atom. The molecule has 1 heterocycles. The first-order valence-corrected chi connectivity index (χ1v) is 8.12. The van der Waals surface area contributed by atoms with Crippen molar-refractivity contribution in [3.05, 3.63) is 35.9 Å². The Balaban J connectivity index is 2.21. The minimum Gasteiger partial charge on any atom is -0.329 e. The summed E-state index contributed by atoms with van der Waals surface area (Å²) in [5, 5.41) is 0. The van der Waals surface area contributed by atoms with Crippen molar-refractivity contribution in [2.24, 2.45) is 17.6 Å². The molecule has 2 N–H and O–H groups in total. The Hall–Kier alpha value is -0.860. The van der Waals surface area contributed by atoms with Crippen molar-refractivity contribution in [3.63, 3.8) is 0 Å².